The Kier molecular flexibility index (Phi) is 5.19. The van der Waals surface area contributed by atoms with Crippen molar-refractivity contribution in [2.24, 2.45) is 0 Å². The predicted octanol–water partition coefficient (Wildman–Crippen LogP) is 4.86. The van der Waals surface area contributed by atoms with Crippen LogP contribution in [0.25, 0.3) is 11.1 Å². The zero-order valence-corrected chi connectivity index (χ0v) is 15.2. The van der Waals surface area contributed by atoms with Crippen molar-refractivity contribution in [1.82, 2.24) is 4.98 Å². The summed E-state index contributed by atoms with van der Waals surface area (Å²) >= 11 is 0. The van der Waals surface area contributed by atoms with E-state index in [1.807, 2.05) is 68.6 Å². The SMILES string of the molecule is COc1ccc(CNc2cc(-c3c(C)cc(C#N)cc3C)ccn2)cc1. The standard InChI is InChI=1S/C22H21N3O/c1-15-10-18(13-23)11-16(2)22(15)19-8-9-24-21(12-19)25-14-17-4-6-20(26-3)7-5-17/h4-12H,14H2,1-3H3,(H,24,25). The molecule has 4 heteroatoms. The second-order valence-electron chi connectivity index (χ2n) is 6.23. The second kappa shape index (κ2) is 7.71. The molecule has 2 aromatic carbocycles. The lowest BCUT2D eigenvalue weighted by molar-refractivity contribution is 0.414. The molecule has 0 spiro atoms. The Hall–Kier alpha value is -3.32. The number of hydrogen-bond donors (Lipinski definition) is 1. The first-order chi connectivity index (χ1) is 12.6. The molecule has 0 saturated heterocycles. The van der Waals surface area contributed by atoms with E-state index >= 15 is 0 Å². The molecule has 0 atom stereocenters. The minimum atomic E-state index is 0.686. The molecular weight excluding hydrogens is 322 g/mol. The van der Waals surface area contributed by atoms with Gasteiger partial charge in [0.25, 0.3) is 0 Å². The van der Waals surface area contributed by atoms with Crippen molar-refractivity contribution in [3.63, 3.8) is 0 Å². The van der Waals surface area contributed by atoms with Crippen molar-refractivity contribution in [1.29, 1.82) is 5.26 Å². The van der Waals surface area contributed by atoms with Crippen LogP contribution < -0.4 is 10.1 Å². The van der Waals surface area contributed by atoms with Crippen molar-refractivity contribution < 1.29 is 4.74 Å². The molecule has 0 aliphatic heterocycles. The van der Waals surface area contributed by atoms with Gasteiger partial charge in [0.1, 0.15) is 11.6 Å². The van der Waals surface area contributed by atoms with Crippen molar-refractivity contribution in [3.8, 4) is 22.9 Å². The topological polar surface area (TPSA) is 57.9 Å². The van der Waals surface area contributed by atoms with E-state index in [4.69, 9.17) is 10.00 Å². The number of nitrogens with zero attached hydrogens (tertiary/aromatic N) is 2. The van der Waals surface area contributed by atoms with Gasteiger partial charge in [-0.25, -0.2) is 4.98 Å². The number of anilines is 1. The Bertz CT molecular complexity index is 933. The molecule has 0 aliphatic rings. The fourth-order valence-electron chi connectivity index (χ4n) is 3.10. The van der Waals surface area contributed by atoms with E-state index in [2.05, 4.69) is 16.4 Å². The van der Waals surface area contributed by atoms with E-state index in [0.29, 0.717) is 12.1 Å². The molecule has 0 fully saturated rings. The molecule has 130 valence electrons. The summed E-state index contributed by atoms with van der Waals surface area (Å²) in [5, 5.41) is 12.5. The van der Waals surface area contributed by atoms with Gasteiger partial charge in [0.15, 0.2) is 0 Å². The van der Waals surface area contributed by atoms with Crippen molar-refractivity contribution in [2.45, 2.75) is 20.4 Å². The number of aryl methyl sites for hydroxylation is 2. The number of nitrogens with one attached hydrogen (secondary N) is 1. The van der Waals surface area contributed by atoms with Crippen molar-refractivity contribution >= 4 is 5.82 Å². The number of hydrogen-bond acceptors (Lipinski definition) is 4. The van der Waals surface area contributed by atoms with Gasteiger partial charge in [0, 0.05) is 12.7 Å². The molecule has 4 nitrogen and oxygen atoms in total. The van der Waals surface area contributed by atoms with E-state index in [1.54, 1.807) is 7.11 Å². The third-order valence-corrected chi connectivity index (χ3v) is 4.34. The number of nitriles is 1. The van der Waals surface area contributed by atoms with Crippen LogP contribution in [0.15, 0.2) is 54.7 Å². The molecule has 1 N–H and O–H groups in total. The van der Waals surface area contributed by atoms with Crippen LogP contribution in [0, 0.1) is 25.2 Å². The first kappa shape index (κ1) is 17.5. The summed E-state index contributed by atoms with van der Waals surface area (Å²) < 4.78 is 5.18. The number of aromatic nitrogens is 1. The summed E-state index contributed by atoms with van der Waals surface area (Å²) in [6.07, 6.45) is 1.81. The smallest absolute Gasteiger partial charge is 0.126 e. The van der Waals surface area contributed by atoms with Gasteiger partial charge >= 0.3 is 0 Å². The van der Waals surface area contributed by atoms with E-state index in [9.17, 15) is 0 Å². The highest BCUT2D eigenvalue weighted by molar-refractivity contribution is 5.73. The minimum absolute atomic E-state index is 0.686. The molecule has 0 radical (unpaired) electrons. The van der Waals surface area contributed by atoms with Crippen LogP contribution in [0.5, 0.6) is 5.75 Å². The van der Waals surface area contributed by atoms with Crippen LogP contribution in [0.4, 0.5) is 5.82 Å². The lowest BCUT2D eigenvalue weighted by Crippen LogP contribution is -2.01. The van der Waals surface area contributed by atoms with Crippen molar-refractivity contribution in [3.05, 3.63) is 77.0 Å². The summed E-state index contributed by atoms with van der Waals surface area (Å²) in [5.41, 5.74) is 6.28. The van der Waals surface area contributed by atoms with Crippen LogP contribution >= 0.6 is 0 Å². The zero-order valence-electron chi connectivity index (χ0n) is 15.2. The Morgan fingerprint density at radius 2 is 1.73 bits per heavy atom. The molecule has 1 aromatic heterocycles. The maximum Gasteiger partial charge on any atom is 0.126 e. The number of pyridine rings is 1. The van der Waals surface area contributed by atoms with Gasteiger partial charge in [-0.1, -0.05) is 12.1 Å². The first-order valence-corrected chi connectivity index (χ1v) is 8.45. The second-order valence-corrected chi connectivity index (χ2v) is 6.23. The predicted molar refractivity (Wildman–Crippen MR) is 104 cm³/mol. The molecule has 0 bridgehead atoms. The average molecular weight is 343 g/mol. The van der Waals surface area contributed by atoms with Gasteiger partial charge < -0.3 is 10.1 Å². The fraction of sp³-hybridized carbons (Fsp3) is 0.182. The Morgan fingerprint density at radius 1 is 1.04 bits per heavy atom. The highest BCUT2D eigenvalue weighted by Gasteiger charge is 2.09. The monoisotopic (exact) mass is 343 g/mol. The molecule has 0 aliphatic carbocycles. The molecule has 3 rings (SSSR count). The third-order valence-electron chi connectivity index (χ3n) is 4.34. The first-order valence-electron chi connectivity index (χ1n) is 8.45. The summed E-state index contributed by atoms with van der Waals surface area (Å²) in [7, 11) is 1.66. The van der Waals surface area contributed by atoms with Gasteiger partial charge in [-0.3, -0.25) is 0 Å². The van der Waals surface area contributed by atoms with Gasteiger partial charge in [0.05, 0.1) is 18.7 Å². The summed E-state index contributed by atoms with van der Waals surface area (Å²) in [5.74, 6) is 1.67. The summed E-state index contributed by atoms with van der Waals surface area (Å²) in [6.45, 7) is 4.76. The summed E-state index contributed by atoms with van der Waals surface area (Å²) in [6, 6.07) is 18.1. The van der Waals surface area contributed by atoms with E-state index in [1.165, 1.54) is 0 Å². The number of benzene rings is 2. The van der Waals surface area contributed by atoms with Gasteiger partial charge in [0.2, 0.25) is 0 Å². The third kappa shape index (κ3) is 3.84. The quantitative estimate of drug-likeness (QED) is 0.719. The molecular formula is C22H21N3O. The van der Waals surface area contributed by atoms with Gasteiger partial charge in [-0.2, -0.15) is 5.26 Å². The molecule has 0 unspecified atom stereocenters. The Morgan fingerprint density at radius 3 is 2.35 bits per heavy atom. The molecule has 3 aromatic rings. The van der Waals surface area contributed by atoms with Crippen LogP contribution in [0.1, 0.15) is 22.3 Å². The summed E-state index contributed by atoms with van der Waals surface area (Å²) in [4.78, 5) is 4.42. The largest absolute Gasteiger partial charge is 0.497 e. The number of rotatable bonds is 5. The average Bonchev–Trinajstić information content (AvgIpc) is 2.66. The lowest BCUT2D eigenvalue weighted by atomic mass is 9.94. The zero-order chi connectivity index (χ0) is 18.5. The number of methoxy groups -OCH3 is 1. The molecule has 26 heavy (non-hydrogen) atoms. The number of ether oxygens (including phenoxy) is 1. The van der Waals surface area contributed by atoms with Crippen LogP contribution in [-0.4, -0.2) is 12.1 Å². The fourth-order valence-corrected chi connectivity index (χ4v) is 3.10. The Balaban J connectivity index is 1.81. The highest BCUT2D eigenvalue weighted by Crippen LogP contribution is 2.29. The normalized spacial score (nSPS) is 10.2. The maximum absolute atomic E-state index is 9.13. The molecule has 0 amide bonds. The van der Waals surface area contributed by atoms with Crippen molar-refractivity contribution in [2.75, 3.05) is 12.4 Å². The Labute approximate surface area is 154 Å². The highest BCUT2D eigenvalue weighted by atomic mass is 16.5. The van der Waals surface area contributed by atoms with E-state index in [0.717, 1.165) is 39.4 Å². The minimum Gasteiger partial charge on any atom is -0.497 e. The van der Waals surface area contributed by atoms with Crippen LogP contribution in [-0.2, 0) is 6.54 Å². The van der Waals surface area contributed by atoms with Crippen LogP contribution in [0.2, 0.25) is 0 Å². The van der Waals surface area contributed by atoms with Crippen LogP contribution in [0.3, 0.4) is 0 Å². The lowest BCUT2D eigenvalue weighted by Gasteiger charge is -2.13. The van der Waals surface area contributed by atoms with E-state index < -0.39 is 0 Å². The molecule has 0 saturated carbocycles. The van der Waals surface area contributed by atoms with E-state index in [-0.39, 0.29) is 0 Å². The van der Waals surface area contributed by atoms with Gasteiger partial charge in [-0.15, -0.1) is 0 Å². The maximum atomic E-state index is 9.13. The van der Waals surface area contributed by atoms with Gasteiger partial charge in [-0.05, 0) is 78.1 Å². The molecule has 1 heterocycles.